The van der Waals surface area contributed by atoms with Crippen LogP contribution in [-0.4, -0.2) is 59.2 Å². The number of ether oxygens (including phenoxy) is 2. The molecule has 1 aliphatic rings. The molecule has 1 fully saturated rings. The number of carbonyl (C=O) groups is 3. The molecule has 1 aliphatic heterocycles. The summed E-state index contributed by atoms with van der Waals surface area (Å²) in [7, 11) is 1.00. The van der Waals surface area contributed by atoms with Crippen LogP contribution in [0.25, 0.3) is 0 Å². The van der Waals surface area contributed by atoms with E-state index in [4.69, 9.17) is 19.7 Å². The zero-order valence-corrected chi connectivity index (χ0v) is 17.3. The highest BCUT2D eigenvalue weighted by Crippen LogP contribution is 2.21. The number of hydrogen-bond acceptors (Lipinski definition) is 7. The first-order chi connectivity index (χ1) is 12.8. The molecule has 8 heteroatoms. The number of unbranched alkanes of at least 4 members (excludes halogenated alkanes) is 1. The Morgan fingerprint density at radius 3 is 1.93 bits per heavy atom. The van der Waals surface area contributed by atoms with Crippen LogP contribution in [0.3, 0.4) is 0 Å². The lowest BCUT2D eigenvalue weighted by Gasteiger charge is -2.31. The number of carboxylic acid groups (broad SMARTS) is 1. The largest absolute Gasteiger partial charge is 0.481 e. The molecule has 0 aromatic rings. The van der Waals surface area contributed by atoms with Gasteiger partial charge in [-0.25, -0.2) is 0 Å². The highest BCUT2D eigenvalue weighted by atomic mass is 16.6. The average Bonchev–Trinajstić information content (AvgIpc) is 2.61. The third-order valence-corrected chi connectivity index (χ3v) is 3.20. The van der Waals surface area contributed by atoms with Gasteiger partial charge in [-0.05, 0) is 32.6 Å². The van der Waals surface area contributed by atoms with Crippen LogP contribution in [0.15, 0.2) is 0 Å². The van der Waals surface area contributed by atoms with E-state index in [2.05, 4.69) is 0 Å². The number of aliphatic hydroxyl groups excluding tert-OH is 2. The third kappa shape index (κ3) is 22.4. The van der Waals surface area contributed by atoms with Gasteiger partial charge in [-0.2, -0.15) is 0 Å². The van der Waals surface area contributed by atoms with Crippen molar-refractivity contribution < 1.29 is 39.2 Å². The number of esters is 1. The highest BCUT2D eigenvalue weighted by Gasteiger charge is 2.29. The van der Waals surface area contributed by atoms with Crippen LogP contribution in [0.5, 0.6) is 0 Å². The van der Waals surface area contributed by atoms with E-state index in [1.165, 1.54) is 0 Å². The Hall–Kier alpha value is -1.51. The van der Waals surface area contributed by atoms with Crippen LogP contribution in [0.2, 0.25) is 0 Å². The molecule has 27 heavy (non-hydrogen) atoms. The number of aliphatic hydroxyl groups is 2. The molecule has 0 radical (unpaired) electrons. The molecule has 3 atom stereocenters. The first-order valence-corrected chi connectivity index (χ1v) is 9.45. The molecule has 0 bridgehead atoms. The lowest BCUT2D eigenvalue weighted by atomic mass is 10.1. The summed E-state index contributed by atoms with van der Waals surface area (Å²) in [5, 5.41) is 24.1. The van der Waals surface area contributed by atoms with E-state index in [-0.39, 0.29) is 18.2 Å². The molecule has 0 spiro atoms. The molecule has 0 aromatic heterocycles. The van der Waals surface area contributed by atoms with Gasteiger partial charge in [0, 0.05) is 32.8 Å². The van der Waals surface area contributed by atoms with Crippen LogP contribution in [-0.2, 0) is 23.9 Å². The van der Waals surface area contributed by atoms with Gasteiger partial charge < -0.3 is 29.6 Å². The maximum atomic E-state index is 11.2. The van der Waals surface area contributed by atoms with E-state index < -0.39 is 12.3 Å². The minimum atomic E-state index is -0.711. The molecule has 1 heterocycles. The summed E-state index contributed by atoms with van der Waals surface area (Å²) in [5.74, 6) is -0.887. The Kier molecular flexibility index (Phi) is 25.2. The van der Waals surface area contributed by atoms with Crippen LogP contribution in [0, 0.1) is 0 Å². The first kappa shape index (κ1) is 30.2. The summed E-state index contributed by atoms with van der Waals surface area (Å²) < 4.78 is 10.4. The third-order valence-electron chi connectivity index (χ3n) is 3.20. The van der Waals surface area contributed by atoms with Crippen LogP contribution < -0.4 is 0 Å². The Labute approximate surface area is 162 Å². The predicted octanol–water partition coefficient (Wildman–Crippen LogP) is 2.68. The van der Waals surface area contributed by atoms with Crippen molar-refractivity contribution in [2.45, 2.75) is 97.6 Å². The lowest BCUT2D eigenvalue weighted by Crippen LogP contribution is -2.39. The van der Waals surface area contributed by atoms with Crippen molar-refractivity contribution in [2.75, 3.05) is 7.11 Å². The quantitative estimate of drug-likeness (QED) is 0.444. The van der Waals surface area contributed by atoms with Crippen molar-refractivity contribution in [2.24, 2.45) is 0 Å². The monoisotopic (exact) mass is 394 g/mol. The van der Waals surface area contributed by atoms with Crippen LogP contribution in [0.4, 0.5) is 0 Å². The maximum absolute atomic E-state index is 11.2. The lowest BCUT2D eigenvalue weighted by molar-refractivity contribution is -0.206. The van der Waals surface area contributed by atoms with Gasteiger partial charge in [-0.3, -0.25) is 9.59 Å². The Balaban J connectivity index is -0.000000369. The Morgan fingerprint density at radius 2 is 1.63 bits per heavy atom. The first-order valence-electron chi connectivity index (χ1n) is 9.45. The van der Waals surface area contributed by atoms with Crippen molar-refractivity contribution >= 4 is 18.2 Å². The number of aliphatic carboxylic acids is 1. The Morgan fingerprint density at radius 1 is 1.07 bits per heavy atom. The van der Waals surface area contributed by atoms with Gasteiger partial charge in [0.05, 0.1) is 6.10 Å². The second-order valence-electron chi connectivity index (χ2n) is 5.75. The molecule has 0 saturated carbocycles. The van der Waals surface area contributed by atoms with Gasteiger partial charge >= 0.3 is 11.9 Å². The molecule has 1 rings (SSSR count). The smallest absolute Gasteiger partial charge is 0.306 e. The van der Waals surface area contributed by atoms with Crippen molar-refractivity contribution in [3.05, 3.63) is 0 Å². The fourth-order valence-electron chi connectivity index (χ4n) is 1.86. The number of aldehydes is 1. The summed E-state index contributed by atoms with van der Waals surface area (Å²) in [6.45, 7) is 7.57. The molecule has 0 aliphatic carbocycles. The molecule has 0 amide bonds. The predicted molar refractivity (Wildman–Crippen MR) is 102 cm³/mol. The fraction of sp³-hybridized carbons (Fsp3) is 0.842. The molecular weight excluding hydrogens is 356 g/mol. The minimum Gasteiger partial charge on any atom is -0.481 e. The van der Waals surface area contributed by atoms with Gasteiger partial charge in [0.15, 0.2) is 6.29 Å². The number of carbonyl (C=O) groups excluding carboxylic acids is 2. The van der Waals surface area contributed by atoms with Crippen molar-refractivity contribution in [3.8, 4) is 0 Å². The van der Waals surface area contributed by atoms with Gasteiger partial charge in [0.1, 0.15) is 12.4 Å². The molecule has 0 aromatic carbocycles. The maximum Gasteiger partial charge on any atom is 0.306 e. The topological polar surface area (TPSA) is 130 Å². The molecule has 1 saturated heterocycles. The second-order valence-corrected chi connectivity index (χ2v) is 5.75. The normalized spacial score (nSPS) is 20.3. The van der Waals surface area contributed by atoms with E-state index in [9.17, 15) is 19.5 Å². The minimum absolute atomic E-state index is 0.177. The number of hydrogen-bond donors (Lipinski definition) is 3. The van der Waals surface area contributed by atoms with Gasteiger partial charge in [-0.15, -0.1) is 0 Å². The van der Waals surface area contributed by atoms with Crippen molar-refractivity contribution in [3.63, 3.8) is 0 Å². The van der Waals surface area contributed by atoms with Gasteiger partial charge in [-0.1, -0.05) is 20.8 Å². The van der Waals surface area contributed by atoms with Gasteiger partial charge in [0.2, 0.25) is 0 Å². The summed E-state index contributed by atoms with van der Waals surface area (Å²) in [6.07, 6.45) is 4.99. The van der Waals surface area contributed by atoms with E-state index in [0.717, 1.165) is 32.7 Å². The average molecular weight is 395 g/mol. The van der Waals surface area contributed by atoms with Crippen LogP contribution >= 0.6 is 0 Å². The van der Waals surface area contributed by atoms with E-state index in [1.54, 1.807) is 0 Å². The highest BCUT2D eigenvalue weighted by molar-refractivity contribution is 5.69. The SMILES string of the molecule is CCCC(=O)O.CCCC(=O)OC1CCC(O)O[C@H]1C.CCCC=O.CO. The Bertz CT molecular complexity index is 360. The van der Waals surface area contributed by atoms with Crippen LogP contribution in [0.1, 0.15) is 79.1 Å². The van der Waals surface area contributed by atoms with E-state index in [0.29, 0.717) is 32.1 Å². The zero-order chi connectivity index (χ0) is 21.7. The van der Waals surface area contributed by atoms with Gasteiger partial charge in [0.25, 0.3) is 0 Å². The molecular formula is C19H38O8. The van der Waals surface area contributed by atoms with E-state index in [1.807, 2.05) is 27.7 Å². The fourth-order valence-corrected chi connectivity index (χ4v) is 1.86. The molecule has 3 N–H and O–H groups in total. The summed E-state index contributed by atoms with van der Waals surface area (Å²) in [5.41, 5.74) is 0. The molecule has 2 unspecified atom stereocenters. The summed E-state index contributed by atoms with van der Waals surface area (Å²) in [4.78, 5) is 30.2. The number of rotatable bonds is 7. The van der Waals surface area contributed by atoms with Crippen molar-refractivity contribution in [1.29, 1.82) is 0 Å². The van der Waals surface area contributed by atoms with Crippen molar-refractivity contribution in [1.82, 2.24) is 0 Å². The van der Waals surface area contributed by atoms with E-state index >= 15 is 0 Å². The summed E-state index contributed by atoms with van der Waals surface area (Å²) >= 11 is 0. The molecule has 8 nitrogen and oxygen atoms in total. The summed E-state index contributed by atoms with van der Waals surface area (Å²) in [6, 6.07) is 0. The zero-order valence-electron chi connectivity index (χ0n) is 17.3. The number of carboxylic acids is 1. The standard InChI is InChI=1S/C10H18O4.C4H8O2.C4H8O.CH4O/c1-3-4-9(11)14-8-5-6-10(12)13-7(8)2;1-2-3-4(5)6;1-2-3-4-5;1-2/h7-8,10,12H,3-6H2,1-2H3;2-3H2,1H3,(H,5,6);4H,2-3H2,1H3;2H,1H3/t7-,8?,10?;;;/m0.../s1. The molecule has 162 valence electrons. The second kappa shape index (κ2) is 22.5.